The van der Waals surface area contributed by atoms with Crippen molar-refractivity contribution in [1.82, 2.24) is 5.43 Å². The van der Waals surface area contributed by atoms with Gasteiger partial charge in [0.05, 0.1) is 18.8 Å². The lowest BCUT2D eigenvalue weighted by Gasteiger charge is -2.22. The summed E-state index contributed by atoms with van der Waals surface area (Å²) in [5.41, 5.74) is 4.38. The average molecular weight is 295 g/mol. The van der Waals surface area contributed by atoms with E-state index in [4.69, 9.17) is 11.6 Å². The fraction of sp³-hybridized carbons (Fsp3) is 0.467. The van der Waals surface area contributed by atoms with Crippen LogP contribution in [0.25, 0.3) is 0 Å². The summed E-state index contributed by atoms with van der Waals surface area (Å²) in [5.74, 6) is -0.0183. The van der Waals surface area contributed by atoms with E-state index in [0.29, 0.717) is 11.6 Å². The highest BCUT2D eigenvalue weighted by Crippen LogP contribution is 2.09. The van der Waals surface area contributed by atoms with Gasteiger partial charge in [0.25, 0.3) is 5.91 Å². The van der Waals surface area contributed by atoms with Gasteiger partial charge in [0.15, 0.2) is 6.54 Å². The Labute approximate surface area is 124 Å². The molecule has 1 amide bonds. The summed E-state index contributed by atoms with van der Waals surface area (Å²) < 4.78 is 0. The van der Waals surface area contributed by atoms with Crippen molar-refractivity contribution in [2.75, 3.05) is 19.6 Å². The maximum atomic E-state index is 11.8. The van der Waals surface area contributed by atoms with E-state index in [0.717, 1.165) is 24.4 Å². The number of piperidine rings is 1. The fourth-order valence-corrected chi connectivity index (χ4v) is 2.52. The number of carbonyl (C=O) groups excluding carboxylic acids is 1. The Morgan fingerprint density at radius 1 is 1.25 bits per heavy atom. The normalized spacial score (nSPS) is 17.0. The van der Waals surface area contributed by atoms with Crippen LogP contribution in [0.3, 0.4) is 0 Å². The van der Waals surface area contributed by atoms with Crippen molar-refractivity contribution in [1.29, 1.82) is 0 Å². The van der Waals surface area contributed by atoms with Gasteiger partial charge in [-0.3, -0.25) is 4.79 Å². The molecule has 1 saturated heterocycles. The molecule has 1 aromatic rings. The van der Waals surface area contributed by atoms with E-state index in [-0.39, 0.29) is 5.91 Å². The van der Waals surface area contributed by atoms with Gasteiger partial charge in [0.1, 0.15) is 0 Å². The van der Waals surface area contributed by atoms with Crippen LogP contribution in [0.5, 0.6) is 0 Å². The topological polar surface area (TPSA) is 45.9 Å². The Hall–Kier alpha value is -1.39. The van der Waals surface area contributed by atoms with Crippen molar-refractivity contribution in [3.63, 3.8) is 0 Å². The van der Waals surface area contributed by atoms with Crippen molar-refractivity contribution in [3.8, 4) is 0 Å². The van der Waals surface area contributed by atoms with Gasteiger partial charge in [-0.15, -0.1) is 0 Å². The number of hydrogen-bond acceptors (Lipinski definition) is 2. The smallest absolute Gasteiger partial charge is 0.295 e. The quantitative estimate of drug-likeness (QED) is 0.637. The van der Waals surface area contributed by atoms with Gasteiger partial charge in [-0.05, 0) is 43.9 Å². The molecule has 5 heteroatoms. The summed E-state index contributed by atoms with van der Waals surface area (Å²) in [4.78, 5) is 13.2. The highest BCUT2D eigenvalue weighted by atomic mass is 35.5. The first-order valence-corrected chi connectivity index (χ1v) is 7.45. The predicted molar refractivity (Wildman–Crippen MR) is 81.2 cm³/mol. The monoisotopic (exact) mass is 294 g/mol. The molecule has 0 radical (unpaired) electrons. The van der Waals surface area contributed by atoms with Crippen LogP contribution in [-0.4, -0.2) is 31.3 Å². The van der Waals surface area contributed by atoms with Gasteiger partial charge in [0.2, 0.25) is 0 Å². The van der Waals surface area contributed by atoms with Gasteiger partial charge in [0, 0.05) is 5.02 Å². The number of likely N-dealkylation sites (tertiary alicyclic amines) is 1. The van der Waals surface area contributed by atoms with Crippen molar-refractivity contribution in [2.24, 2.45) is 5.10 Å². The molecule has 1 fully saturated rings. The van der Waals surface area contributed by atoms with Gasteiger partial charge in [-0.2, -0.15) is 5.10 Å². The first-order chi connectivity index (χ1) is 9.65. The molecule has 0 aliphatic carbocycles. The average Bonchev–Trinajstić information content (AvgIpc) is 2.46. The van der Waals surface area contributed by atoms with Crippen LogP contribution in [0.2, 0.25) is 5.02 Å². The van der Waals surface area contributed by atoms with Crippen molar-refractivity contribution in [2.45, 2.75) is 26.2 Å². The first kappa shape index (κ1) is 15.0. The van der Waals surface area contributed by atoms with E-state index in [1.165, 1.54) is 24.2 Å². The molecule has 0 spiro atoms. The summed E-state index contributed by atoms with van der Waals surface area (Å²) in [7, 11) is 0. The van der Waals surface area contributed by atoms with E-state index in [1.807, 2.05) is 31.2 Å². The highest BCUT2D eigenvalue weighted by Gasteiger charge is 2.16. The lowest BCUT2D eigenvalue weighted by atomic mass is 10.1. The van der Waals surface area contributed by atoms with Crippen LogP contribution in [0.15, 0.2) is 29.4 Å². The SMILES string of the molecule is C/C(=N/NC(=O)C[NH+]1CCCCC1)c1ccc(Cl)cc1. The number of hydrazone groups is 1. The van der Waals surface area contributed by atoms with Gasteiger partial charge in [-0.1, -0.05) is 23.7 Å². The van der Waals surface area contributed by atoms with E-state index in [1.54, 1.807) is 0 Å². The van der Waals surface area contributed by atoms with Crippen LogP contribution in [0.1, 0.15) is 31.7 Å². The number of carbonyl (C=O) groups is 1. The summed E-state index contributed by atoms with van der Waals surface area (Å²) in [6.07, 6.45) is 3.73. The third-order valence-electron chi connectivity index (χ3n) is 3.58. The number of hydrogen-bond donors (Lipinski definition) is 2. The molecule has 0 saturated carbocycles. The number of benzene rings is 1. The second-order valence-corrected chi connectivity index (χ2v) is 5.66. The van der Waals surface area contributed by atoms with Crippen molar-refractivity contribution in [3.05, 3.63) is 34.9 Å². The van der Waals surface area contributed by atoms with E-state index in [2.05, 4.69) is 10.5 Å². The number of nitrogens with zero attached hydrogens (tertiary/aromatic N) is 1. The molecule has 0 bridgehead atoms. The minimum atomic E-state index is -0.0183. The molecule has 1 aliphatic heterocycles. The van der Waals surface area contributed by atoms with E-state index >= 15 is 0 Å². The minimum Gasteiger partial charge on any atom is -0.327 e. The molecule has 20 heavy (non-hydrogen) atoms. The molecule has 0 unspecified atom stereocenters. The second-order valence-electron chi connectivity index (χ2n) is 5.23. The standard InChI is InChI=1S/C15H20ClN3O/c1-12(13-5-7-14(16)8-6-13)17-18-15(20)11-19-9-3-2-4-10-19/h5-8H,2-4,9-11H2,1H3,(H,18,20)/p+1/b17-12-. The third kappa shape index (κ3) is 4.62. The predicted octanol–water partition coefficient (Wildman–Crippen LogP) is 1.25. The summed E-state index contributed by atoms with van der Waals surface area (Å²) in [6, 6.07) is 7.41. The largest absolute Gasteiger partial charge is 0.327 e. The number of halogens is 1. The Morgan fingerprint density at radius 3 is 2.55 bits per heavy atom. The molecule has 1 aliphatic rings. The first-order valence-electron chi connectivity index (χ1n) is 7.08. The lowest BCUT2D eigenvalue weighted by molar-refractivity contribution is -0.896. The zero-order valence-corrected chi connectivity index (χ0v) is 12.5. The lowest BCUT2D eigenvalue weighted by Crippen LogP contribution is -3.13. The Morgan fingerprint density at radius 2 is 1.90 bits per heavy atom. The van der Waals surface area contributed by atoms with Crippen molar-refractivity contribution < 1.29 is 9.69 Å². The third-order valence-corrected chi connectivity index (χ3v) is 3.83. The van der Waals surface area contributed by atoms with Gasteiger partial charge >= 0.3 is 0 Å². The summed E-state index contributed by atoms with van der Waals surface area (Å²) >= 11 is 5.84. The Kier molecular flexibility index (Phi) is 5.56. The van der Waals surface area contributed by atoms with Crippen LogP contribution in [0, 0.1) is 0 Å². The van der Waals surface area contributed by atoms with E-state index in [9.17, 15) is 4.79 Å². The highest BCUT2D eigenvalue weighted by molar-refractivity contribution is 6.30. The molecule has 1 aromatic carbocycles. The molecule has 0 atom stereocenters. The number of quaternary nitrogens is 1. The van der Waals surface area contributed by atoms with Crippen LogP contribution in [0.4, 0.5) is 0 Å². The molecular weight excluding hydrogens is 274 g/mol. The molecule has 4 nitrogen and oxygen atoms in total. The minimum absolute atomic E-state index is 0.0183. The fourth-order valence-electron chi connectivity index (χ4n) is 2.40. The molecule has 0 aromatic heterocycles. The number of amides is 1. The van der Waals surface area contributed by atoms with Crippen LogP contribution in [-0.2, 0) is 4.79 Å². The molecule has 2 rings (SSSR count). The Balaban J connectivity index is 1.84. The summed E-state index contributed by atoms with van der Waals surface area (Å²) in [5, 5.41) is 4.84. The number of rotatable bonds is 4. The Bertz CT molecular complexity index is 478. The maximum absolute atomic E-state index is 11.8. The maximum Gasteiger partial charge on any atom is 0.295 e. The molecule has 108 valence electrons. The van der Waals surface area contributed by atoms with Gasteiger partial charge < -0.3 is 4.90 Å². The zero-order chi connectivity index (χ0) is 14.4. The van der Waals surface area contributed by atoms with Gasteiger partial charge in [-0.25, -0.2) is 5.43 Å². The van der Waals surface area contributed by atoms with Crippen molar-refractivity contribution >= 4 is 23.2 Å². The number of nitrogens with one attached hydrogen (secondary N) is 2. The summed E-state index contributed by atoms with van der Waals surface area (Å²) in [6.45, 7) is 4.56. The van der Waals surface area contributed by atoms with Crippen LogP contribution < -0.4 is 10.3 Å². The molecule has 1 heterocycles. The van der Waals surface area contributed by atoms with Crippen LogP contribution >= 0.6 is 11.6 Å². The zero-order valence-electron chi connectivity index (χ0n) is 11.8. The van der Waals surface area contributed by atoms with E-state index < -0.39 is 0 Å². The second kappa shape index (κ2) is 7.41. The molecule has 2 N–H and O–H groups in total. The molecular formula is C15H21ClN3O+.